The van der Waals surface area contributed by atoms with Gasteiger partial charge in [-0.1, -0.05) is 84.4 Å². The Morgan fingerprint density at radius 3 is 1.76 bits per heavy atom. The van der Waals surface area contributed by atoms with Crippen LogP contribution in [0, 0.1) is 0 Å². The summed E-state index contributed by atoms with van der Waals surface area (Å²) in [6.07, 6.45) is 0. The molecule has 0 radical (unpaired) electrons. The Morgan fingerprint density at radius 1 is 0.455 bits per heavy atom. The molecule has 0 N–H and O–H groups in total. The average molecular weight is 477 g/mol. The molecular formula is C30H17ClS2. The zero-order valence-corrected chi connectivity index (χ0v) is 19.9. The lowest BCUT2D eigenvalue weighted by Gasteiger charge is -2.08. The van der Waals surface area contributed by atoms with E-state index < -0.39 is 0 Å². The van der Waals surface area contributed by atoms with E-state index in [4.69, 9.17) is 11.6 Å². The van der Waals surface area contributed by atoms with E-state index in [0.717, 1.165) is 5.02 Å². The lowest BCUT2D eigenvalue weighted by molar-refractivity contribution is 1.65. The molecule has 0 spiro atoms. The molecule has 5 aromatic carbocycles. The monoisotopic (exact) mass is 476 g/mol. The van der Waals surface area contributed by atoms with Crippen LogP contribution in [-0.4, -0.2) is 0 Å². The highest BCUT2D eigenvalue weighted by atomic mass is 35.5. The Kier molecular flexibility index (Phi) is 4.35. The molecule has 3 heteroatoms. The molecule has 7 aromatic rings. The molecule has 2 aromatic heterocycles. The van der Waals surface area contributed by atoms with Gasteiger partial charge in [-0.15, -0.1) is 22.7 Å². The predicted octanol–water partition coefficient (Wildman–Crippen LogP) is 10.4. The van der Waals surface area contributed by atoms with Gasteiger partial charge in [0.15, 0.2) is 0 Å². The van der Waals surface area contributed by atoms with Crippen LogP contribution >= 0.6 is 34.3 Å². The summed E-state index contributed by atoms with van der Waals surface area (Å²) in [5.41, 5.74) is 5.07. The zero-order chi connectivity index (χ0) is 21.9. The molecule has 0 bridgehead atoms. The fraction of sp³-hybridized carbons (Fsp3) is 0. The Morgan fingerprint density at radius 2 is 1.03 bits per heavy atom. The van der Waals surface area contributed by atoms with Crippen LogP contribution < -0.4 is 0 Å². The topological polar surface area (TPSA) is 0 Å². The van der Waals surface area contributed by atoms with Gasteiger partial charge in [0, 0.05) is 45.4 Å². The van der Waals surface area contributed by atoms with E-state index in [-0.39, 0.29) is 0 Å². The zero-order valence-electron chi connectivity index (χ0n) is 17.5. The quantitative estimate of drug-likeness (QED) is 0.233. The SMILES string of the molecule is Clc1ccc2sc3c(-c4cccc(-c5cccc6c5sc5ccccc56)c4)cccc3c2c1. The van der Waals surface area contributed by atoms with Gasteiger partial charge in [0.25, 0.3) is 0 Å². The third-order valence-electron chi connectivity index (χ3n) is 6.35. The number of hydrogen-bond acceptors (Lipinski definition) is 2. The third kappa shape index (κ3) is 3.02. The second kappa shape index (κ2) is 7.43. The smallest absolute Gasteiger partial charge is 0.0433 e. The van der Waals surface area contributed by atoms with Crippen LogP contribution in [0.15, 0.2) is 103 Å². The number of fused-ring (bicyclic) bond motifs is 6. The van der Waals surface area contributed by atoms with Crippen LogP contribution in [0.3, 0.4) is 0 Å². The maximum Gasteiger partial charge on any atom is 0.0433 e. The van der Waals surface area contributed by atoms with Gasteiger partial charge in [-0.2, -0.15) is 0 Å². The molecule has 0 saturated carbocycles. The second-order valence-corrected chi connectivity index (χ2v) is 10.8. The lowest BCUT2D eigenvalue weighted by atomic mass is 9.97. The number of hydrogen-bond donors (Lipinski definition) is 0. The number of thiophene rings is 2. The van der Waals surface area contributed by atoms with Crippen molar-refractivity contribution in [2.45, 2.75) is 0 Å². The fourth-order valence-corrected chi connectivity index (χ4v) is 7.46. The van der Waals surface area contributed by atoms with Crippen LogP contribution in [-0.2, 0) is 0 Å². The highest BCUT2D eigenvalue weighted by Gasteiger charge is 2.13. The van der Waals surface area contributed by atoms with E-state index >= 15 is 0 Å². The van der Waals surface area contributed by atoms with Gasteiger partial charge in [-0.05, 0) is 52.6 Å². The van der Waals surface area contributed by atoms with E-state index in [1.54, 1.807) is 0 Å². The summed E-state index contributed by atoms with van der Waals surface area (Å²) in [5.74, 6) is 0. The van der Waals surface area contributed by atoms with E-state index in [0.29, 0.717) is 0 Å². The molecule has 33 heavy (non-hydrogen) atoms. The Labute approximate surface area is 204 Å². The van der Waals surface area contributed by atoms with Gasteiger partial charge in [0.05, 0.1) is 0 Å². The van der Waals surface area contributed by atoms with Gasteiger partial charge in [0.1, 0.15) is 0 Å². The van der Waals surface area contributed by atoms with Crippen molar-refractivity contribution in [1.29, 1.82) is 0 Å². The molecule has 0 aliphatic rings. The summed E-state index contributed by atoms with van der Waals surface area (Å²) in [4.78, 5) is 0. The lowest BCUT2D eigenvalue weighted by Crippen LogP contribution is -1.82. The summed E-state index contributed by atoms with van der Waals surface area (Å²) >= 11 is 10.0. The van der Waals surface area contributed by atoms with Crippen molar-refractivity contribution in [2.75, 3.05) is 0 Å². The molecule has 0 aliphatic heterocycles. The van der Waals surface area contributed by atoms with Gasteiger partial charge < -0.3 is 0 Å². The van der Waals surface area contributed by atoms with E-state index in [9.17, 15) is 0 Å². The van der Waals surface area contributed by atoms with Crippen LogP contribution in [0.5, 0.6) is 0 Å². The molecule has 7 rings (SSSR count). The minimum Gasteiger partial charge on any atom is -0.135 e. The van der Waals surface area contributed by atoms with Crippen molar-refractivity contribution in [2.24, 2.45) is 0 Å². The summed E-state index contributed by atoms with van der Waals surface area (Å²) < 4.78 is 5.27. The fourth-order valence-electron chi connectivity index (χ4n) is 4.83. The molecule has 156 valence electrons. The Hall–Kier alpha value is -3.17. The van der Waals surface area contributed by atoms with E-state index in [1.807, 2.05) is 28.7 Å². The normalized spacial score (nSPS) is 11.8. The first kappa shape index (κ1) is 19.3. The molecule has 0 amide bonds. The molecule has 0 aliphatic carbocycles. The van der Waals surface area contributed by atoms with E-state index in [2.05, 4.69) is 97.1 Å². The van der Waals surface area contributed by atoms with Gasteiger partial charge in [0.2, 0.25) is 0 Å². The summed E-state index contributed by atoms with van der Waals surface area (Å²) in [6.45, 7) is 0. The van der Waals surface area contributed by atoms with Crippen LogP contribution in [0.1, 0.15) is 0 Å². The van der Waals surface area contributed by atoms with Crippen LogP contribution in [0.4, 0.5) is 0 Å². The minimum atomic E-state index is 0.783. The molecule has 0 unspecified atom stereocenters. The summed E-state index contributed by atoms with van der Waals surface area (Å²) in [7, 11) is 0. The highest BCUT2D eigenvalue weighted by molar-refractivity contribution is 7.26. The molecule has 0 saturated heterocycles. The standard InChI is InChI=1S/C30H17ClS2/c31-20-14-15-28-26(17-20)25-12-5-10-22(30(25)33-28)19-7-3-6-18(16-19)21-9-4-11-24-23-8-1-2-13-27(23)32-29(21)24/h1-17H. The molecule has 2 heterocycles. The van der Waals surface area contributed by atoms with Crippen LogP contribution in [0.25, 0.3) is 62.6 Å². The Balaban J connectivity index is 1.45. The first-order chi connectivity index (χ1) is 16.3. The van der Waals surface area contributed by atoms with Crippen molar-refractivity contribution in [3.8, 4) is 22.3 Å². The van der Waals surface area contributed by atoms with Crippen molar-refractivity contribution < 1.29 is 0 Å². The van der Waals surface area contributed by atoms with Crippen molar-refractivity contribution >= 4 is 74.6 Å². The van der Waals surface area contributed by atoms with Gasteiger partial charge >= 0.3 is 0 Å². The maximum atomic E-state index is 6.30. The minimum absolute atomic E-state index is 0.783. The first-order valence-corrected chi connectivity index (χ1v) is 12.9. The summed E-state index contributed by atoms with van der Waals surface area (Å²) in [6, 6.07) is 37.1. The van der Waals surface area contributed by atoms with Crippen LogP contribution in [0.2, 0.25) is 5.02 Å². The average Bonchev–Trinajstić information content (AvgIpc) is 3.42. The molecule has 0 atom stereocenters. The van der Waals surface area contributed by atoms with E-state index in [1.165, 1.54) is 62.6 Å². The third-order valence-corrected chi connectivity index (χ3v) is 9.02. The van der Waals surface area contributed by atoms with Crippen molar-refractivity contribution in [1.82, 2.24) is 0 Å². The van der Waals surface area contributed by atoms with Crippen molar-refractivity contribution in [3.05, 3.63) is 108 Å². The predicted molar refractivity (Wildman–Crippen MR) is 148 cm³/mol. The number of halogens is 1. The van der Waals surface area contributed by atoms with Gasteiger partial charge in [-0.3, -0.25) is 0 Å². The van der Waals surface area contributed by atoms with Crippen molar-refractivity contribution in [3.63, 3.8) is 0 Å². The second-order valence-electron chi connectivity index (χ2n) is 8.29. The largest absolute Gasteiger partial charge is 0.135 e. The molecular weight excluding hydrogens is 460 g/mol. The molecule has 0 nitrogen and oxygen atoms in total. The maximum absolute atomic E-state index is 6.30. The number of rotatable bonds is 2. The molecule has 0 fully saturated rings. The Bertz CT molecular complexity index is 1840. The number of benzene rings is 5. The highest BCUT2D eigenvalue weighted by Crippen LogP contribution is 2.43. The van der Waals surface area contributed by atoms with Gasteiger partial charge in [-0.25, -0.2) is 0 Å². The summed E-state index contributed by atoms with van der Waals surface area (Å²) in [5, 5.41) is 5.96. The first-order valence-electron chi connectivity index (χ1n) is 10.9.